The van der Waals surface area contributed by atoms with Gasteiger partial charge in [0.25, 0.3) is 0 Å². The van der Waals surface area contributed by atoms with E-state index in [1.807, 2.05) is 6.92 Å². The number of nitrogens with one attached hydrogen (secondary N) is 1. The summed E-state index contributed by atoms with van der Waals surface area (Å²) in [5.74, 6) is 0. The molecular weight excluding hydrogens is 216 g/mol. The molecular formula is C8H16N4O2S. The van der Waals surface area contributed by atoms with Gasteiger partial charge in [-0.05, 0) is 13.8 Å². The Kier molecular flexibility index (Phi) is 3.83. The Bertz CT molecular complexity index is 412. The number of sulfonamides is 1. The lowest BCUT2D eigenvalue weighted by atomic mass is 10.4. The molecule has 86 valence electrons. The van der Waals surface area contributed by atoms with Gasteiger partial charge < -0.3 is 5.73 Å². The maximum Gasteiger partial charge on any atom is 0.243 e. The highest BCUT2D eigenvalue weighted by atomic mass is 32.2. The predicted molar refractivity (Wildman–Crippen MR) is 56.7 cm³/mol. The molecule has 0 saturated heterocycles. The number of aryl methyl sites for hydroxylation is 1. The Morgan fingerprint density at radius 1 is 1.67 bits per heavy atom. The molecule has 3 N–H and O–H groups in total. The molecule has 7 heteroatoms. The zero-order valence-corrected chi connectivity index (χ0v) is 9.66. The third-order valence-corrected chi connectivity index (χ3v) is 3.50. The third kappa shape index (κ3) is 3.01. The molecule has 0 amide bonds. The number of nitrogens with two attached hydrogens (primary N) is 1. The van der Waals surface area contributed by atoms with Crippen LogP contribution in [0, 0.1) is 0 Å². The molecule has 0 radical (unpaired) electrons. The molecule has 1 rings (SSSR count). The second-order valence-corrected chi connectivity index (χ2v) is 5.00. The number of aromatic nitrogens is 2. The first-order chi connectivity index (χ1) is 6.99. The van der Waals surface area contributed by atoms with Gasteiger partial charge in [0, 0.05) is 25.3 Å². The average molecular weight is 232 g/mol. The van der Waals surface area contributed by atoms with Crippen molar-refractivity contribution in [2.45, 2.75) is 31.3 Å². The third-order valence-electron chi connectivity index (χ3n) is 1.95. The lowest BCUT2D eigenvalue weighted by Gasteiger charge is -2.09. The van der Waals surface area contributed by atoms with Gasteiger partial charge in [-0.25, -0.2) is 13.1 Å². The summed E-state index contributed by atoms with van der Waals surface area (Å²) >= 11 is 0. The van der Waals surface area contributed by atoms with Gasteiger partial charge in [-0.15, -0.1) is 0 Å². The molecule has 0 bridgehead atoms. The number of nitrogens with zero attached hydrogens (tertiary/aromatic N) is 2. The quantitative estimate of drug-likeness (QED) is 0.718. The summed E-state index contributed by atoms with van der Waals surface area (Å²) in [5, 5.41) is 3.90. The first-order valence-corrected chi connectivity index (χ1v) is 6.22. The molecule has 1 aromatic rings. The normalized spacial score (nSPS) is 14.1. The topological polar surface area (TPSA) is 90.0 Å². The highest BCUT2D eigenvalue weighted by Crippen LogP contribution is 2.07. The van der Waals surface area contributed by atoms with E-state index in [0.29, 0.717) is 6.54 Å². The molecule has 1 aromatic heterocycles. The first kappa shape index (κ1) is 12.2. The fourth-order valence-corrected chi connectivity index (χ4v) is 2.25. The molecule has 0 aliphatic carbocycles. The first-order valence-electron chi connectivity index (χ1n) is 4.74. The highest BCUT2D eigenvalue weighted by Gasteiger charge is 2.18. The molecule has 0 aliphatic heterocycles. The van der Waals surface area contributed by atoms with Crippen LogP contribution in [-0.2, 0) is 16.6 Å². The lowest BCUT2D eigenvalue weighted by Crippen LogP contribution is -2.37. The Morgan fingerprint density at radius 2 is 2.33 bits per heavy atom. The molecule has 0 aromatic carbocycles. The molecule has 0 aliphatic rings. The van der Waals surface area contributed by atoms with Crippen LogP contribution in [0.2, 0.25) is 0 Å². The molecule has 0 unspecified atom stereocenters. The Morgan fingerprint density at radius 3 is 2.80 bits per heavy atom. The second kappa shape index (κ2) is 4.73. The Hall–Kier alpha value is -0.920. The van der Waals surface area contributed by atoms with Crippen molar-refractivity contribution in [3.63, 3.8) is 0 Å². The van der Waals surface area contributed by atoms with Crippen LogP contribution in [0.4, 0.5) is 0 Å². The van der Waals surface area contributed by atoms with Crippen molar-refractivity contribution in [1.82, 2.24) is 14.5 Å². The van der Waals surface area contributed by atoms with Crippen molar-refractivity contribution in [2.24, 2.45) is 5.73 Å². The van der Waals surface area contributed by atoms with Crippen molar-refractivity contribution in [2.75, 3.05) is 6.54 Å². The monoisotopic (exact) mass is 232 g/mol. The minimum absolute atomic E-state index is 0.171. The van der Waals surface area contributed by atoms with Gasteiger partial charge in [-0.3, -0.25) is 4.68 Å². The van der Waals surface area contributed by atoms with Crippen LogP contribution in [0.3, 0.4) is 0 Å². The molecule has 15 heavy (non-hydrogen) atoms. The zero-order valence-electron chi connectivity index (χ0n) is 8.84. The van der Waals surface area contributed by atoms with Crippen molar-refractivity contribution in [1.29, 1.82) is 0 Å². The van der Waals surface area contributed by atoms with Crippen molar-refractivity contribution in [3.05, 3.63) is 12.4 Å². The SMILES string of the molecule is CCn1cc(S(=O)(=O)N[C@H](C)CN)cn1. The van der Waals surface area contributed by atoms with E-state index < -0.39 is 10.0 Å². The van der Waals surface area contributed by atoms with E-state index in [1.165, 1.54) is 12.4 Å². The van der Waals surface area contributed by atoms with Crippen molar-refractivity contribution in [3.8, 4) is 0 Å². The number of hydrogen-bond acceptors (Lipinski definition) is 4. The van der Waals surface area contributed by atoms with Gasteiger partial charge in [0.2, 0.25) is 10.0 Å². The van der Waals surface area contributed by atoms with E-state index in [4.69, 9.17) is 5.73 Å². The molecule has 6 nitrogen and oxygen atoms in total. The summed E-state index contributed by atoms with van der Waals surface area (Å²) in [5.41, 5.74) is 5.34. The van der Waals surface area contributed by atoms with E-state index in [0.717, 1.165) is 0 Å². The Balaban J connectivity index is 2.86. The fraction of sp³-hybridized carbons (Fsp3) is 0.625. The zero-order chi connectivity index (χ0) is 11.5. The summed E-state index contributed by atoms with van der Waals surface area (Å²) in [6.07, 6.45) is 2.82. The maximum absolute atomic E-state index is 11.7. The van der Waals surface area contributed by atoms with Crippen molar-refractivity contribution < 1.29 is 8.42 Å². The van der Waals surface area contributed by atoms with Crippen LogP contribution in [-0.4, -0.2) is 30.8 Å². The van der Waals surface area contributed by atoms with Crippen LogP contribution in [0.25, 0.3) is 0 Å². The second-order valence-electron chi connectivity index (χ2n) is 3.29. The Labute approximate surface area is 89.5 Å². The summed E-state index contributed by atoms with van der Waals surface area (Å²) in [7, 11) is -3.47. The maximum atomic E-state index is 11.7. The molecule has 0 fully saturated rings. The minimum Gasteiger partial charge on any atom is -0.329 e. The summed E-state index contributed by atoms with van der Waals surface area (Å²) in [6, 6.07) is -0.278. The lowest BCUT2D eigenvalue weighted by molar-refractivity contribution is 0.562. The number of rotatable bonds is 5. The fourth-order valence-electron chi connectivity index (χ4n) is 1.04. The predicted octanol–water partition coefficient (Wildman–Crippen LogP) is -0.471. The van der Waals surface area contributed by atoms with Gasteiger partial charge in [-0.2, -0.15) is 5.10 Å². The molecule has 0 saturated carbocycles. The van der Waals surface area contributed by atoms with Crippen LogP contribution in [0.15, 0.2) is 17.3 Å². The number of hydrogen-bond donors (Lipinski definition) is 2. The summed E-state index contributed by atoms with van der Waals surface area (Å²) < 4.78 is 27.4. The van der Waals surface area contributed by atoms with Crippen LogP contribution in [0.5, 0.6) is 0 Å². The standard InChI is InChI=1S/C8H16N4O2S/c1-3-12-6-8(5-10-12)15(13,14)11-7(2)4-9/h5-7,11H,3-4,9H2,1-2H3/t7-/m1/s1. The summed E-state index contributed by atoms with van der Waals surface area (Å²) in [4.78, 5) is 0.171. The van der Waals surface area contributed by atoms with E-state index >= 15 is 0 Å². The molecule has 1 heterocycles. The van der Waals surface area contributed by atoms with Crippen LogP contribution >= 0.6 is 0 Å². The van der Waals surface area contributed by atoms with Gasteiger partial charge >= 0.3 is 0 Å². The van der Waals surface area contributed by atoms with Gasteiger partial charge in [0.1, 0.15) is 4.90 Å². The summed E-state index contributed by atoms with van der Waals surface area (Å²) in [6.45, 7) is 4.50. The van der Waals surface area contributed by atoms with Crippen LogP contribution in [0.1, 0.15) is 13.8 Å². The smallest absolute Gasteiger partial charge is 0.243 e. The minimum atomic E-state index is -3.47. The average Bonchev–Trinajstić information content (AvgIpc) is 2.65. The van der Waals surface area contributed by atoms with Gasteiger partial charge in [0.05, 0.1) is 6.20 Å². The molecule has 1 atom stereocenters. The highest BCUT2D eigenvalue weighted by molar-refractivity contribution is 7.89. The van der Waals surface area contributed by atoms with Crippen molar-refractivity contribution >= 4 is 10.0 Å². The van der Waals surface area contributed by atoms with E-state index in [-0.39, 0.29) is 17.5 Å². The molecule has 0 spiro atoms. The van der Waals surface area contributed by atoms with E-state index in [9.17, 15) is 8.42 Å². The van der Waals surface area contributed by atoms with Crippen LogP contribution < -0.4 is 10.5 Å². The van der Waals surface area contributed by atoms with E-state index in [2.05, 4.69) is 9.82 Å². The van der Waals surface area contributed by atoms with Gasteiger partial charge in [-0.1, -0.05) is 0 Å². The van der Waals surface area contributed by atoms with E-state index in [1.54, 1.807) is 11.6 Å². The largest absolute Gasteiger partial charge is 0.329 e. The van der Waals surface area contributed by atoms with Gasteiger partial charge in [0.15, 0.2) is 0 Å².